The van der Waals surface area contributed by atoms with Crippen LogP contribution in [0.15, 0.2) is 30.4 Å². The van der Waals surface area contributed by atoms with Crippen LogP contribution in [0.5, 0.6) is 5.75 Å². The number of allylic oxidation sites excluding steroid dienone is 2. The summed E-state index contributed by atoms with van der Waals surface area (Å²) < 4.78 is 5.77. The van der Waals surface area contributed by atoms with Gasteiger partial charge in [0.25, 0.3) is 0 Å². The predicted molar refractivity (Wildman–Crippen MR) is 92.6 cm³/mol. The molecule has 0 amide bonds. The van der Waals surface area contributed by atoms with Crippen molar-refractivity contribution in [2.75, 3.05) is 0 Å². The summed E-state index contributed by atoms with van der Waals surface area (Å²) in [4.78, 5) is 12.6. The average Bonchev–Trinajstić information content (AvgIpc) is 2.50. The van der Waals surface area contributed by atoms with Crippen molar-refractivity contribution in [1.29, 1.82) is 0 Å². The molecule has 0 aromatic heterocycles. The van der Waals surface area contributed by atoms with Gasteiger partial charge in [0.2, 0.25) is 0 Å². The second-order valence-electron chi connectivity index (χ2n) is 6.73. The van der Waals surface area contributed by atoms with E-state index in [0.29, 0.717) is 23.8 Å². The topological polar surface area (TPSA) is 46.5 Å². The number of rotatable bonds is 2. The molecule has 0 radical (unpaired) electrons. The van der Waals surface area contributed by atoms with Crippen molar-refractivity contribution in [2.24, 2.45) is 11.8 Å². The third-order valence-electron chi connectivity index (χ3n) is 4.84. The first-order valence-corrected chi connectivity index (χ1v) is 8.69. The smallest absolute Gasteiger partial charge is 0.342 e. The molecule has 0 saturated carbocycles. The summed E-state index contributed by atoms with van der Waals surface area (Å²) in [6.07, 6.45) is 8.57. The third kappa shape index (κ3) is 4.60. The number of phenolic OH excluding ortho intramolecular Hbond substituents is 1. The van der Waals surface area contributed by atoms with E-state index in [1.54, 1.807) is 12.1 Å². The molecule has 2 rings (SSSR count). The zero-order valence-electron chi connectivity index (χ0n) is 14.4. The van der Waals surface area contributed by atoms with Crippen LogP contribution in [0.25, 0.3) is 0 Å². The Morgan fingerprint density at radius 3 is 2.74 bits per heavy atom. The lowest BCUT2D eigenvalue weighted by atomic mass is 9.87. The Hall–Kier alpha value is -1.77. The number of hydrogen-bond acceptors (Lipinski definition) is 3. The Morgan fingerprint density at radius 1 is 1.22 bits per heavy atom. The van der Waals surface area contributed by atoms with Crippen LogP contribution in [0.1, 0.15) is 62.4 Å². The van der Waals surface area contributed by atoms with Crippen molar-refractivity contribution in [3.05, 3.63) is 41.5 Å². The number of carbonyl (C=O) groups is 1. The average molecular weight is 316 g/mol. The first-order valence-electron chi connectivity index (χ1n) is 8.69. The van der Waals surface area contributed by atoms with E-state index < -0.39 is 5.97 Å². The van der Waals surface area contributed by atoms with Crippen molar-refractivity contribution < 1.29 is 14.6 Å². The molecule has 126 valence electrons. The fraction of sp³-hybridized carbons (Fsp3) is 0.550. The van der Waals surface area contributed by atoms with Gasteiger partial charge in [-0.1, -0.05) is 51.5 Å². The van der Waals surface area contributed by atoms with Gasteiger partial charge in [-0.2, -0.15) is 0 Å². The first kappa shape index (κ1) is 17.6. The minimum atomic E-state index is -0.398. The predicted octanol–water partition coefficient (Wildman–Crippen LogP) is 4.88. The van der Waals surface area contributed by atoms with E-state index in [1.807, 2.05) is 6.07 Å². The minimum absolute atomic E-state index is 0.00891. The van der Waals surface area contributed by atoms with Gasteiger partial charge in [0.1, 0.15) is 17.4 Å². The van der Waals surface area contributed by atoms with Gasteiger partial charge < -0.3 is 9.84 Å². The number of benzene rings is 1. The molecule has 3 unspecified atom stereocenters. The van der Waals surface area contributed by atoms with Gasteiger partial charge >= 0.3 is 5.97 Å². The molecule has 1 aliphatic rings. The number of esters is 1. The molecule has 0 fully saturated rings. The summed E-state index contributed by atoms with van der Waals surface area (Å²) in [7, 11) is 0. The molecule has 1 N–H and O–H groups in total. The highest BCUT2D eigenvalue weighted by atomic mass is 16.5. The zero-order valence-corrected chi connectivity index (χ0v) is 14.4. The zero-order chi connectivity index (χ0) is 16.8. The highest BCUT2D eigenvalue weighted by molar-refractivity contribution is 5.94. The maximum absolute atomic E-state index is 12.6. The van der Waals surface area contributed by atoms with Crippen LogP contribution in [0.4, 0.5) is 0 Å². The Kier molecular flexibility index (Phi) is 6.26. The molecule has 1 heterocycles. The van der Waals surface area contributed by atoms with E-state index in [4.69, 9.17) is 4.74 Å². The third-order valence-corrected chi connectivity index (χ3v) is 4.84. The molecule has 23 heavy (non-hydrogen) atoms. The molecule has 0 aliphatic carbocycles. The quantitative estimate of drug-likeness (QED) is 0.624. The highest BCUT2D eigenvalue weighted by Crippen LogP contribution is 2.28. The number of cyclic esters (lactones) is 1. The van der Waals surface area contributed by atoms with Crippen molar-refractivity contribution in [2.45, 2.75) is 59.0 Å². The highest BCUT2D eigenvalue weighted by Gasteiger charge is 2.24. The SMILES string of the molecule is CCCC1CC(C)C(C)C/C=C/Cc2cccc(O)c2C(=O)O1. The first-order chi connectivity index (χ1) is 11.0. The molecule has 1 aromatic carbocycles. The number of carbonyl (C=O) groups excluding carboxylic acids is 1. The standard InChI is InChI=1S/C20H28O3/c1-4-8-17-13-15(3)14(2)9-5-6-10-16-11-7-12-18(21)19(16)20(22)23-17/h5-7,11-12,14-15,17,21H,4,8-10,13H2,1-3H3/b6-5+. The van der Waals surface area contributed by atoms with Crippen LogP contribution in [-0.2, 0) is 11.2 Å². The van der Waals surface area contributed by atoms with Crippen LogP contribution in [0.3, 0.4) is 0 Å². The van der Waals surface area contributed by atoms with Crippen LogP contribution in [-0.4, -0.2) is 17.2 Å². The molecular formula is C20H28O3. The Labute approximate surface area is 139 Å². The van der Waals surface area contributed by atoms with Crippen LogP contribution >= 0.6 is 0 Å². The molecule has 3 nitrogen and oxygen atoms in total. The van der Waals surface area contributed by atoms with Crippen molar-refractivity contribution in [1.82, 2.24) is 0 Å². The normalized spacial score (nSPS) is 27.3. The van der Waals surface area contributed by atoms with Gasteiger partial charge in [-0.25, -0.2) is 4.79 Å². The summed E-state index contributed by atoms with van der Waals surface area (Å²) in [6.45, 7) is 6.59. The van der Waals surface area contributed by atoms with Crippen LogP contribution < -0.4 is 0 Å². The van der Waals surface area contributed by atoms with Crippen LogP contribution in [0.2, 0.25) is 0 Å². The van der Waals surface area contributed by atoms with Gasteiger partial charge in [-0.3, -0.25) is 0 Å². The maximum atomic E-state index is 12.6. The van der Waals surface area contributed by atoms with E-state index in [1.165, 1.54) is 0 Å². The molecule has 0 bridgehead atoms. The van der Waals surface area contributed by atoms with Gasteiger partial charge in [-0.05, 0) is 49.1 Å². The lowest BCUT2D eigenvalue weighted by Crippen LogP contribution is -2.24. The molecule has 1 aromatic rings. The summed E-state index contributed by atoms with van der Waals surface area (Å²) in [5.74, 6) is 0.666. The number of hydrogen-bond donors (Lipinski definition) is 1. The Morgan fingerprint density at radius 2 is 2.00 bits per heavy atom. The van der Waals surface area contributed by atoms with E-state index in [0.717, 1.165) is 31.2 Å². The van der Waals surface area contributed by atoms with Gasteiger partial charge in [0, 0.05) is 0 Å². The molecule has 1 aliphatic heterocycles. The van der Waals surface area contributed by atoms with Gasteiger partial charge in [-0.15, -0.1) is 0 Å². The lowest BCUT2D eigenvalue weighted by Gasteiger charge is -2.25. The molecule has 3 heteroatoms. The van der Waals surface area contributed by atoms with Gasteiger partial charge in [0.15, 0.2) is 0 Å². The van der Waals surface area contributed by atoms with Crippen molar-refractivity contribution in [3.8, 4) is 5.75 Å². The summed E-state index contributed by atoms with van der Waals surface area (Å²) in [5.41, 5.74) is 1.14. The van der Waals surface area contributed by atoms with E-state index in [-0.39, 0.29) is 11.9 Å². The number of ether oxygens (including phenoxy) is 1. The fourth-order valence-electron chi connectivity index (χ4n) is 3.15. The summed E-state index contributed by atoms with van der Waals surface area (Å²) in [6, 6.07) is 5.21. The lowest BCUT2D eigenvalue weighted by molar-refractivity contribution is 0.0198. The van der Waals surface area contributed by atoms with E-state index in [9.17, 15) is 9.90 Å². The number of aromatic hydroxyl groups is 1. The second kappa shape index (κ2) is 8.19. The maximum Gasteiger partial charge on any atom is 0.342 e. The van der Waals surface area contributed by atoms with Crippen LogP contribution in [0, 0.1) is 11.8 Å². The van der Waals surface area contributed by atoms with E-state index >= 15 is 0 Å². The fourth-order valence-corrected chi connectivity index (χ4v) is 3.15. The van der Waals surface area contributed by atoms with Gasteiger partial charge in [0.05, 0.1) is 0 Å². The minimum Gasteiger partial charge on any atom is -0.507 e. The Bertz CT molecular complexity index is 562. The number of phenols is 1. The Balaban J connectivity index is 2.34. The van der Waals surface area contributed by atoms with Crippen molar-refractivity contribution in [3.63, 3.8) is 0 Å². The number of fused-ring (bicyclic) bond motifs is 1. The van der Waals surface area contributed by atoms with Crippen molar-refractivity contribution >= 4 is 5.97 Å². The monoisotopic (exact) mass is 316 g/mol. The molecule has 0 spiro atoms. The summed E-state index contributed by atoms with van der Waals surface area (Å²) in [5, 5.41) is 10.1. The second-order valence-corrected chi connectivity index (χ2v) is 6.73. The largest absolute Gasteiger partial charge is 0.507 e. The molecule has 0 saturated heterocycles. The molecule has 3 atom stereocenters. The van der Waals surface area contributed by atoms with E-state index in [2.05, 4.69) is 32.9 Å². The summed E-state index contributed by atoms with van der Waals surface area (Å²) >= 11 is 0. The molecular weight excluding hydrogens is 288 g/mol.